The van der Waals surface area contributed by atoms with E-state index in [2.05, 4.69) is 19.2 Å². The number of carbonyl (C=O) groups excluding carboxylic acids is 1. The van der Waals surface area contributed by atoms with Crippen molar-refractivity contribution in [1.82, 2.24) is 14.9 Å². The molecule has 0 radical (unpaired) electrons. The first-order valence-electron chi connectivity index (χ1n) is 10.4. The SMILES string of the molecule is CC(C)CCn1c(SCC(=O)NCc2ccccc2)nc2c(oc3ccccc32)c1=O. The van der Waals surface area contributed by atoms with E-state index < -0.39 is 0 Å². The Morgan fingerprint density at radius 3 is 2.65 bits per heavy atom. The Balaban J connectivity index is 1.59. The highest BCUT2D eigenvalue weighted by atomic mass is 32.2. The summed E-state index contributed by atoms with van der Waals surface area (Å²) in [7, 11) is 0. The number of fused-ring (bicyclic) bond motifs is 3. The molecule has 2 aromatic carbocycles. The van der Waals surface area contributed by atoms with Crippen molar-refractivity contribution in [2.75, 3.05) is 5.75 Å². The number of carbonyl (C=O) groups is 1. The van der Waals surface area contributed by atoms with Crippen LogP contribution in [0.15, 0.2) is 69.0 Å². The molecule has 31 heavy (non-hydrogen) atoms. The summed E-state index contributed by atoms with van der Waals surface area (Å²) in [6.45, 7) is 5.23. The Morgan fingerprint density at radius 1 is 1.13 bits per heavy atom. The van der Waals surface area contributed by atoms with Crippen LogP contribution in [-0.4, -0.2) is 21.2 Å². The maximum Gasteiger partial charge on any atom is 0.297 e. The number of hydrogen-bond donors (Lipinski definition) is 1. The maximum atomic E-state index is 13.2. The smallest absolute Gasteiger partial charge is 0.297 e. The van der Waals surface area contributed by atoms with Crippen LogP contribution in [0.5, 0.6) is 0 Å². The molecule has 2 aromatic heterocycles. The predicted octanol–water partition coefficient (Wildman–Crippen LogP) is 4.60. The number of rotatable bonds is 8. The van der Waals surface area contributed by atoms with Crippen LogP contribution >= 0.6 is 11.8 Å². The van der Waals surface area contributed by atoms with Crippen LogP contribution in [0.2, 0.25) is 0 Å². The summed E-state index contributed by atoms with van der Waals surface area (Å²) in [5.74, 6) is 0.517. The fourth-order valence-electron chi connectivity index (χ4n) is 3.33. The Morgan fingerprint density at radius 2 is 1.87 bits per heavy atom. The third-order valence-corrected chi connectivity index (χ3v) is 6.02. The zero-order valence-electron chi connectivity index (χ0n) is 17.6. The van der Waals surface area contributed by atoms with Crippen LogP contribution in [0.4, 0.5) is 0 Å². The zero-order chi connectivity index (χ0) is 21.8. The number of furan rings is 1. The first-order valence-corrected chi connectivity index (χ1v) is 11.4. The third-order valence-electron chi connectivity index (χ3n) is 5.04. The van der Waals surface area contributed by atoms with E-state index in [9.17, 15) is 9.59 Å². The van der Waals surface area contributed by atoms with Gasteiger partial charge in [0.05, 0.1) is 5.75 Å². The van der Waals surface area contributed by atoms with Gasteiger partial charge >= 0.3 is 0 Å². The number of nitrogens with one attached hydrogen (secondary N) is 1. The van der Waals surface area contributed by atoms with E-state index in [1.165, 1.54) is 11.8 Å². The second-order valence-corrected chi connectivity index (χ2v) is 8.80. The maximum absolute atomic E-state index is 13.2. The zero-order valence-corrected chi connectivity index (χ0v) is 18.4. The standard InChI is InChI=1S/C24H25N3O3S/c1-16(2)12-13-27-23(29)22-21(18-10-6-7-11-19(18)30-22)26-24(27)31-15-20(28)25-14-17-8-4-3-5-9-17/h3-11,16H,12-15H2,1-2H3,(H,25,28). The van der Waals surface area contributed by atoms with E-state index in [0.29, 0.717) is 35.3 Å². The average molecular weight is 436 g/mol. The van der Waals surface area contributed by atoms with Gasteiger partial charge in [0.25, 0.3) is 5.56 Å². The van der Waals surface area contributed by atoms with Crippen molar-refractivity contribution in [3.05, 3.63) is 70.5 Å². The Bertz CT molecular complexity index is 1260. The molecule has 0 spiro atoms. The summed E-state index contributed by atoms with van der Waals surface area (Å²) in [6.07, 6.45) is 0.834. The molecule has 0 atom stereocenters. The molecular weight excluding hydrogens is 410 g/mol. The monoisotopic (exact) mass is 435 g/mol. The summed E-state index contributed by atoms with van der Waals surface area (Å²) in [5, 5.41) is 4.27. The highest BCUT2D eigenvalue weighted by molar-refractivity contribution is 7.99. The van der Waals surface area contributed by atoms with E-state index >= 15 is 0 Å². The van der Waals surface area contributed by atoms with Crippen molar-refractivity contribution in [2.45, 2.75) is 38.5 Å². The van der Waals surface area contributed by atoms with Crippen LogP contribution in [0.25, 0.3) is 22.1 Å². The lowest BCUT2D eigenvalue weighted by atomic mass is 10.1. The first-order chi connectivity index (χ1) is 15.0. The molecule has 0 saturated carbocycles. The minimum Gasteiger partial charge on any atom is -0.448 e. The van der Waals surface area contributed by atoms with E-state index in [-0.39, 0.29) is 22.8 Å². The van der Waals surface area contributed by atoms with Gasteiger partial charge in [0.1, 0.15) is 11.1 Å². The summed E-state index contributed by atoms with van der Waals surface area (Å²) < 4.78 is 7.45. The number of amides is 1. The number of aromatic nitrogens is 2. The average Bonchev–Trinajstić information content (AvgIpc) is 3.15. The number of hydrogen-bond acceptors (Lipinski definition) is 5. The van der Waals surface area contributed by atoms with Crippen LogP contribution in [0.1, 0.15) is 25.8 Å². The molecule has 0 saturated heterocycles. The van der Waals surface area contributed by atoms with Gasteiger partial charge in [-0.05, 0) is 30.0 Å². The fourth-order valence-corrected chi connectivity index (χ4v) is 4.17. The molecule has 1 N–H and O–H groups in total. The third kappa shape index (κ3) is 4.82. The Labute approximate surface area is 184 Å². The van der Waals surface area contributed by atoms with Crippen molar-refractivity contribution >= 4 is 39.7 Å². The lowest BCUT2D eigenvalue weighted by molar-refractivity contribution is -0.118. The molecule has 0 fully saturated rings. The fraction of sp³-hybridized carbons (Fsp3) is 0.292. The van der Waals surface area contributed by atoms with Gasteiger partial charge in [-0.25, -0.2) is 4.98 Å². The molecule has 7 heteroatoms. The molecule has 160 valence electrons. The lowest BCUT2D eigenvalue weighted by Crippen LogP contribution is -2.27. The lowest BCUT2D eigenvalue weighted by Gasteiger charge is -2.13. The van der Waals surface area contributed by atoms with Gasteiger partial charge in [0, 0.05) is 18.5 Å². The summed E-state index contributed by atoms with van der Waals surface area (Å²) >= 11 is 1.28. The molecule has 1 amide bonds. The molecule has 0 aliphatic carbocycles. The van der Waals surface area contributed by atoms with E-state index in [1.54, 1.807) is 4.57 Å². The molecule has 0 aliphatic rings. The topological polar surface area (TPSA) is 77.1 Å². The second kappa shape index (κ2) is 9.39. The number of nitrogens with zero attached hydrogens (tertiary/aromatic N) is 2. The quantitative estimate of drug-likeness (QED) is 0.323. The van der Waals surface area contributed by atoms with Gasteiger partial charge in [-0.3, -0.25) is 14.2 Å². The Kier molecular flexibility index (Phi) is 6.42. The molecule has 4 aromatic rings. The summed E-state index contributed by atoms with van der Waals surface area (Å²) in [4.78, 5) is 30.4. The van der Waals surface area contributed by atoms with Gasteiger partial charge in [-0.2, -0.15) is 0 Å². The van der Waals surface area contributed by atoms with Gasteiger partial charge in [-0.15, -0.1) is 0 Å². The van der Waals surface area contributed by atoms with Gasteiger partial charge in [0.2, 0.25) is 11.5 Å². The molecule has 0 unspecified atom stereocenters. The molecule has 0 aliphatic heterocycles. The van der Waals surface area contributed by atoms with E-state index in [0.717, 1.165) is 17.4 Å². The first kappa shape index (κ1) is 21.2. The predicted molar refractivity (Wildman–Crippen MR) is 124 cm³/mol. The van der Waals surface area contributed by atoms with Crippen LogP contribution in [0.3, 0.4) is 0 Å². The highest BCUT2D eigenvalue weighted by Gasteiger charge is 2.18. The largest absolute Gasteiger partial charge is 0.448 e. The van der Waals surface area contributed by atoms with E-state index in [4.69, 9.17) is 9.40 Å². The Hall–Kier alpha value is -3.06. The molecule has 2 heterocycles. The van der Waals surface area contributed by atoms with Crippen LogP contribution < -0.4 is 10.9 Å². The van der Waals surface area contributed by atoms with Crippen LogP contribution in [0, 0.1) is 5.92 Å². The van der Waals surface area contributed by atoms with E-state index in [1.807, 2.05) is 54.6 Å². The number of para-hydroxylation sites is 1. The normalized spacial score (nSPS) is 11.5. The molecule has 0 bridgehead atoms. The number of benzene rings is 2. The number of thioether (sulfide) groups is 1. The summed E-state index contributed by atoms with van der Waals surface area (Å²) in [6, 6.07) is 17.3. The molecule has 6 nitrogen and oxygen atoms in total. The molecule has 4 rings (SSSR count). The summed E-state index contributed by atoms with van der Waals surface area (Å²) in [5.41, 5.74) is 2.30. The second-order valence-electron chi connectivity index (χ2n) is 7.86. The highest BCUT2D eigenvalue weighted by Crippen LogP contribution is 2.27. The molecular formula is C24H25N3O3S. The van der Waals surface area contributed by atoms with Crippen LogP contribution in [-0.2, 0) is 17.9 Å². The van der Waals surface area contributed by atoms with Crippen molar-refractivity contribution in [2.24, 2.45) is 5.92 Å². The van der Waals surface area contributed by atoms with Gasteiger partial charge in [0.15, 0.2) is 5.16 Å². The minimum absolute atomic E-state index is 0.101. The van der Waals surface area contributed by atoms with Gasteiger partial charge < -0.3 is 9.73 Å². The van der Waals surface area contributed by atoms with Crippen molar-refractivity contribution < 1.29 is 9.21 Å². The van der Waals surface area contributed by atoms with Gasteiger partial charge in [-0.1, -0.05) is 68.1 Å². The van der Waals surface area contributed by atoms with Crippen molar-refractivity contribution in [1.29, 1.82) is 0 Å². The van der Waals surface area contributed by atoms with Crippen molar-refractivity contribution in [3.63, 3.8) is 0 Å². The van der Waals surface area contributed by atoms with Crippen molar-refractivity contribution in [3.8, 4) is 0 Å². The minimum atomic E-state index is -0.200.